The van der Waals surface area contributed by atoms with E-state index < -0.39 is 15.7 Å². The van der Waals surface area contributed by atoms with Gasteiger partial charge in [0.25, 0.3) is 0 Å². The quantitative estimate of drug-likeness (QED) is 0.194. The lowest BCUT2D eigenvalue weighted by Gasteiger charge is -2.07. The first kappa shape index (κ1) is 28.2. The Bertz CT molecular complexity index is 2100. The summed E-state index contributed by atoms with van der Waals surface area (Å²) in [6, 6.07) is 10.3. The lowest BCUT2D eigenvalue weighted by Crippen LogP contribution is -2.10. The molecule has 0 unspecified atom stereocenters. The summed E-state index contributed by atoms with van der Waals surface area (Å²) in [5.74, 6) is -0.586. The van der Waals surface area contributed by atoms with Crippen LogP contribution in [0.3, 0.4) is 0 Å². The van der Waals surface area contributed by atoms with E-state index in [0.29, 0.717) is 40.2 Å². The van der Waals surface area contributed by atoms with E-state index in [2.05, 4.69) is 35.5 Å². The number of nitrogens with zero attached hydrogens (tertiary/aromatic N) is 4. The molecule has 0 fully saturated rings. The summed E-state index contributed by atoms with van der Waals surface area (Å²) < 4.78 is 37.9. The minimum atomic E-state index is -3.19. The van der Waals surface area contributed by atoms with Crippen molar-refractivity contribution in [2.75, 3.05) is 17.3 Å². The van der Waals surface area contributed by atoms with E-state index in [4.69, 9.17) is 0 Å². The van der Waals surface area contributed by atoms with Crippen LogP contribution >= 0.6 is 0 Å². The number of halogens is 1. The first-order chi connectivity index (χ1) is 20.7. The number of carbonyl (C=O) groups excluding carboxylic acids is 1. The second-order valence-electron chi connectivity index (χ2n) is 10.5. The zero-order valence-corrected chi connectivity index (χ0v) is 24.3. The molecule has 6 aromatic rings. The lowest BCUT2D eigenvalue weighted by molar-refractivity contribution is -0.116. The van der Waals surface area contributed by atoms with Crippen molar-refractivity contribution >= 4 is 43.2 Å². The molecule has 1 aromatic carbocycles. The molecule has 0 aliphatic heterocycles. The van der Waals surface area contributed by atoms with Gasteiger partial charge < -0.3 is 10.3 Å². The van der Waals surface area contributed by atoms with Gasteiger partial charge in [-0.25, -0.2) is 12.8 Å². The number of sulfone groups is 1. The molecule has 10 nitrogen and oxygen atoms in total. The maximum absolute atomic E-state index is 14.6. The molecule has 0 saturated heterocycles. The smallest absolute Gasteiger partial charge is 0.224 e. The number of aryl methyl sites for hydroxylation is 1. The molecule has 5 heterocycles. The number of H-pyrrole nitrogens is 2. The van der Waals surface area contributed by atoms with Crippen LogP contribution in [0.4, 0.5) is 10.1 Å². The average molecular weight is 598 g/mol. The van der Waals surface area contributed by atoms with Gasteiger partial charge in [0.05, 0.1) is 52.5 Å². The molecule has 1 amide bonds. The molecule has 3 N–H and O–H groups in total. The molecule has 6 rings (SSSR count). The summed E-state index contributed by atoms with van der Waals surface area (Å²) in [6.45, 7) is 1.95. The molecular formula is C31H28FN7O3S. The van der Waals surface area contributed by atoms with E-state index >= 15 is 0 Å². The van der Waals surface area contributed by atoms with Crippen LogP contribution in [0.2, 0.25) is 0 Å². The fourth-order valence-corrected chi connectivity index (χ4v) is 5.65. The fourth-order valence-electron chi connectivity index (χ4n) is 5.04. The van der Waals surface area contributed by atoms with E-state index in [9.17, 15) is 17.6 Å². The standard InChI is InChI=1S/C31H28FN7O3S/c1-3-4-30(40)36-22-10-20(13-33-14-22)26-12-24-29(17-35-26)38-39-31(24)27-11-23-25(15-34-16-28(23)37-27)19-7-18(8-21(32)9-19)5-6-43(2,41)42/h7-17,37H,3-6H2,1-2H3,(H,36,40)(H,38,39). The van der Waals surface area contributed by atoms with Crippen molar-refractivity contribution in [2.24, 2.45) is 0 Å². The van der Waals surface area contributed by atoms with Gasteiger partial charge in [-0.2, -0.15) is 5.10 Å². The lowest BCUT2D eigenvalue weighted by atomic mass is 10.0. The molecule has 5 aromatic heterocycles. The predicted octanol–water partition coefficient (Wildman–Crippen LogP) is 5.70. The number of carbonyl (C=O) groups is 1. The van der Waals surface area contributed by atoms with Crippen molar-refractivity contribution in [2.45, 2.75) is 26.2 Å². The number of aromatic nitrogens is 6. The van der Waals surface area contributed by atoms with Gasteiger partial charge in [0.1, 0.15) is 21.3 Å². The van der Waals surface area contributed by atoms with Crippen molar-refractivity contribution in [3.63, 3.8) is 0 Å². The van der Waals surface area contributed by atoms with Crippen LogP contribution in [0.5, 0.6) is 0 Å². The van der Waals surface area contributed by atoms with Crippen molar-refractivity contribution in [1.29, 1.82) is 0 Å². The Hall–Kier alpha value is -4.97. The molecule has 0 saturated carbocycles. The van der Waals surface area contributed by atoms with Gasteiger partial charge in [-0.3, -0.25) is 24.8 Å². The predicted molar refractivity (Wildman–Crippen MR) is 165 cm³/mol. The minimum absolute atomic E-state index is 0.0659. The summed E-state index contributed by atoms with van der Waals surface area (Å²) in [6.07, 6.45) is 10.9. The zero-order valence-electron chi connectivity index (χ0n) is 23.5. The Balaban J connectivity index is 1.37. The van der Waals surface area contributed by atoms with Crippen LogP contribution in [0.1, 0.15) is 25.3 Å². The van der Waals surface area contributed by atoms with Crippen LogP contribution in [0, 0.1) is 5.82 Å². The highest BCUT2D eigenvalue weighted by Gasteiger charge is 2.16. The highest BCUT2D eigenvalue weighted by Crippen LogP contribution is 2.35. The van der Waals surface area contributed by atoms with Gasteiger partial charge in [0, 0.05) is 47.0 Å². The second-order valence-corrected chi connectivity index (χ2v) is 12.8. The summed E-state index contributed by atoms with van der Waals surface area (Å²) >= 11 is 0. The largest absolute Gasteiger partial charge is 0.352 e. The van der Waals surface area contributed by atoms with E-state index in [-0.39, 0.29) is 18.1 Å². The molecule has 0 bridgehead atoms. The topological polar surface area (TPSA) is 146 Å². The van der Waals surface area contributed by atoms with Gasteiger partial charge in [0.2, 0.25) is 5.91 Å². The van der Waals surface area contributed by atoms with Crippen LogP contribution in [-0.4, -0.2) is 56.5 Å². The number of pyridine rings is 3. The number of anilines is 1. The van der Waals surface area contributed by atoms with Crippen molar-refractivity contribution < 1.29 is 17.6 Å². The average Bonchev–Trinajstić information content (AvgIpc) is 3.59. The summed E-state index contributed by atoms with van der Waals surface area (Å²) in [4.78, 5) is 28.7. The number of nitrogens with one attached hydrogen (secondary N) is 3. The number of amides is 1. The first-order valence-electron chi connectivity index (χ1n) is 13.7. The Morgan fingerprint density at radius 3 is 2.58 bits per heavy atom. The van der Waals surface area contributed by atoms with E-state index in [1.54, 1.807) is 37.1 Å². The molecule has 0 aliphatic carbocycles. The zero-order chi connectivity index (χ0) is 30.1. The second kappa shape index (κ2) is 11.4. The third-order valence-electron chi connectivity index (χ3n) is 7.07. The minimum Gasteiger partial charge on any atom is -0.352 e. The maximum Gasteiger partial charge on any atom is 0.224 e. The van der Waals surface area contributed by atoms with Gasteiger partial charge in [-0.1, -0.05) is 13.0 Å². The fraction of sp³-hybridized carbons (Fsp3) is 0.194. The van der Waals surface area contributed by atoms with Gasteiger partial charge in [-0.05, 0) is 54.3 Å². The van der Waals surface area contributed by atoms with Crippen LogP contribution in [-0.2, 0) is 21.1 Å². The molecule has 218 valence electrons. The number of hydrogen-bond acceptors (Lipinski definition) is 7. The van der Waals surface area contributed by atoms with E-state index in [1.807, 2.05) is 25.1 Å². The summed E-state index contributed by atoms with van der Waals surface area (Å²) in [5, 5.41) is 12.1. The maximum atomic E-state index is 14.6. The monoisotopic (exact) mass is 597 g/mol. The number of fused-ring (bicyclic) bond motifs is 2. The highest BCUT2D eigenvalue weighted by molar-refractivity contribution is 7.90. The highest BCUT2D eigenvalue weighted by atomic mass is 32.2. The van der Waals surface area contributed by atoms with E-state index in [0.717, 1.165) is 39.5 Å². The summed E-state index contributed by atoms with van der Waals surface area (Å²) in [5.41, 5.74) is 6.75. The molecule has 43 heavy (non-hydrogen) atoms. The van der Waals surface area contributed by atoms with Crippen LogP contribution < -0.4 is 5.32 Å². The van der Waals surface area contributed by atoms with Crippen LogP contribution in [0.25, 0.3) is 55.6 Å². The molecule has 12 heteroatoms. The molecule has 0 spiro atoms. The number of hydrogen-bond donors (Lipinski definition) is 3. The molecule has 0 aliphatic rings. The Morgan fingerprint density at radius 2 is 1.77 bits per heavy atom. The van der Waals surface area contributed by atoms with E-state index in [1.165, 1.54) is 18.4 Å². The van der Waals surface area contributed by atoms with Crippen molar-refractivity contribution in [1.82, 2.24) is 30.1 Å². The number of aromatic amines is 2. The molecular weight excluding hydrogens is 569 g/mol. The Labute approximate surface area is 246 Å². The SMILES string of the molecule is CCCC(=O)Nc1cncc(-c2cc3c(-c4cc5c(-c6cc(F)cc(CCS(C)(=O)=O)c6)cncc5[nH]4)n[nH]c3cn2)c1. The van der Waals surface area contributed by atoms with Gasteiger partial charge in [0.15, 0.2) is 0 Å². The van der Waals surface area contributed by atoms with Crippen molar-refractivity contribution in [3.05, 3.63) is 78.8 Å². The van der Waals surface area contributed by atoms with Crippen molar-refractivity contribution in [3.8, 4) is 33.8 Å². The van der Waals surface area contributed by atoms with Gasteiger partial charge in [-0.15, -0.1) is 0 Å². The summed E-state index contributed by atoms with van der Waals surface area (Å²) in [7, 11) is -3.19. The molecule has 0 atom stereocenters. The van der Waals surface area contributed by atoms with Crippen LogP contribution in [0.15, 0.2) is 67.4 Å². The number of benzene rings is 1. The number of rotatable bonds is 9. The Kier molecular flexibility index (Phi) is 7.45. The third kappa shape index (κ3) is 6.14. The third-order valence-corrected chi connectivity index (χ3v) is 8.02. The normalized spacial score (nSPS) is 11.8. The Morgan fingerprint density at radius 1 is 0.930 bits per heavy atom. The molecule has 0 radical (unpaired) electrons. The first-order valence-corrected chi connectivity index (χ1v) is 15.8. The van der Waals surface area contributed by atoms with Gasteiger partial charge >= 0.3 is 0 Å².